The smallest absolute Gasteiger partial charge is 0.0126 e. The largest absolute Gasteiger partial charge is 0.103 e. The highest BCUT2D eigenvalue weighted by molar-refractivity contribution is 5.06. The summed E-state index contributed by atoms with van der Waals surface area (Å²) in [5.41, 5.74) is 12.3. The first-order chi connectivity index (χ1) is 66.0. The molecule has 140 heavy (non-hydrogen) atoms. The van der Waals surface area contributed by atoms with Crippen molar-refractivity contribution in [2.75, 3.05) is 0 Å². The van der Waals surface area contributed by atoms with Gasteiger partial charge in [-0.25, -0.2) is 0 Å². The van der Waals surface area contributed by atoms with Gasteiger partial charge in [-0.05, 0) is 292 Å². The van der Waals surface area contributed by atoms with E-state index in [0.717, 1.165) is 88.8 Å². The third-order valence-electron chi connectivity index (χ3n) is 29.5. The molecule has 0 bridgehead atoms. The van der Waals surface area contributed by atoms with Crippen molar-refractivity contribution in [1.82, 2.24) is 0 Å². The van der Waals surface area contributed by atoms with E-state index >= 15 is 0 Å². The first kappa shape index (κ1) is 153. The summed E-state index contributed by atoms with van der Waals surface area (Å²) in [6, 6.07) is 0. The maximum Gasteiger partial charge on any atom is -0.0126 e. The highest BCUT2D eigenvalue weighted by atomic mass is 14.3. The molecular formula is C140H276. The van der Waals surface area contributed by atoms with Crippen molar-refractivity contribution in [3.63, 3.8) is 0 Å². The monoisotopic (exact) mass is 1960 g/mol. The summed E-state index contributed by atoms with van der Waals surface area (Å²) in [5.74, 6) is 14.4. The van der Waals surface area contributed by atoms with Crippen molar-refractivity contribution in [3.05, 3.63) is 119 Å². The molecule has 0 heterocycles. The lowest BCUT2D eigenvalue weighted by Gasteiger charge is -2.30. The van der Waals surface area contributed by atoms with Gasteiger partial charge in [-0.1, -0.05) is 595 Å². The standard InChI is InChI=1S/2C23H46.C23H48.C18H32.C15H32.C13H26.C13H24.C12H22/c1-19(2)11-8-12-21(5)13-9-14-22(6)15-10-16-23(7)18-17-20(3)4;1-9-23(8,20(4)5)18-12-17-22(7)16-11-15-21(6)14-10-13-19(2)3;1-5-7-9-11-13-15-17-19-21-23(22(3)4)20-18-16-14-12-10-8-6-2;1-15(2)10-7-8-11-17(5)12-9-13-18(6)14-16(3)4;1-4-5-6-7-8-9-10-11-12-13-14-15(2)3;2*1-11(2)7-6-8-13(5)10-9-12(3)4;1-6-12(11(4)5)9-7-8-10(2)3/h18-22H,8-17H2,1-7H3;9,19-22H,1,10-18H2,2-8H3;22-23H,5-21H2,1-4H3;10-11,13,16H,7-9,12,14H2,1-6H3;15H,4-14H2,1-3H3;7,12-13H,6,8-10H2,1-5H3;7,10,12H,6,8-9H2,1-5H3;6,8,11-12H,1,7,9H2,2-5H3/b23-18+;;;17-11-,18-13+;;;13-10+;. The molecule has 0 spiro atoms. The van der Waals surface area contributed by atoms with Crippen molar-refractivity contribution in [2.45, 2.75) is 676 Å². The second kappa shape index (κ2) is 112. The molecule has 0 rings (SSSR count). The van der Waals surface area contributed by atoms with Gasteiger partial charge in [0.05, 0.1) is 0 Å². The fourth-order valence-corrected chi connectivity index (χ4v) is 18.3. The van der Waals surface area contributed by atoms with E-state index in [1.807, 2.05) is 0 Å². The molecule has 0 aliphatic heterocycles. The van der Waals surface area contributed by atoms with Crippen molar-refractivity contribution in [2.24, 2.45) is 106 Å². The molecule has 0 saturated heterocycles. The molecule has 0 nitrogen and oxygen atoms in total. The van der Waals surface area contributed by atoms with E-state index in [1.54, 1.807) is 11.1 Å². The van der Waals surface area contributed by atoms with Crippen LogP contribution in [-0.4, -0.2) is 0 Å². The van der Waals surface area contributed by atoms with Crippen LogP contribution in [0.2, 0.25) is 0 Å². The molecule has 0 fully saturated rings. The summed E-state index contributed by atoms with van der Waals surface area (Å²) in [6.07, 6.45) is 108. The van der Waals surface area contributed by atoms with Crippen LogP contribution < -0.4 is 0 Å². The number of allylic oxidation sites excluding steroid dienone is 18. The van der Waals surface area contributed by atoms with Gasteiger partial charge in [0.25, 0.3) is 0 Å². The Balaban J connectivity index is -0.000000240. The molecule has 0 aromatic carbocycles. The van der Waals surface area contributed by atoms with Crippen LogP contribution in [0.5, 0.6) is 0 Å². The fourth-order valence-electron chi connectivity index (χ4n) is 18.3. The molecule has 0 radical (unpaired) electrons. The SMILES string of the molecule is C/C(=C\CC(C)C)CCCC(C)CCCC(C)CCCC(C)C.C=CC(C)(CCCC(C)CCCC(C)CCCC(C)C)C(C)C.C=CC(CCC=C(C)C)C(C)C.CC(C)=CCC/C(C)=C/CC(C)C.CC(C)=CCC/C=C(/C)CC/C=C(\C)CC(C)C.CC(C)=CCCC(C)CCC(C)C.CCCCCCCCCCC(CCCCCCCCC)C(C)C.CCCCCCCCCCCCC(C)C. The molecule has 0 heteroatoms. The summed E-state index contributed by atoms with van der Waals surface area (Å²) >= 11 is 0. The minimum Gasteiger partial charge on any atom is -0.103 e. The van der Waals surface area contributed by atoms with Gasteiger partial charge in [-0.2, -0.15) is 0 Å². The predicted octanol–water partition coefficient (Wildman–Crippen LogP) is 51.7. The van der Waals surface area contributed by atoms with Crippen molar-refractivity contribution >= 4 is 0 Å². The maximum atomic E-state index is 4.06. The second-order valence-electron chi connectivity index (χ2n) is 51.3. The predicted molar refractivity (Wildman–Crippen MR) is 661 cm³/mol. The lowest BCUT2D eigenvalue weighted by Crippen LogP contribution is -2.20. The van der Waals surface area contributed by atoms with Gasteiger partial charge >= 0.3 is 0 Å². The summed E-state index contributed by atoms with van der Waals surface area (Å²) in [5, 5.41) is 0. The van der Waals surface area contributed by atoms with Crippen LogP contribution in [0, 0.1) is 106 Å². The topological polar surface area (TPSA) is 0 Å². The molecule has 0 aliphatic rings. The van der Waals surface area contributed by atoms with Crippen LogP contribution in [0.4, 0.5) is 0 Å². The lowest BCUT2D eigenvalue weighted by atomic mass is 9.75. The van der Waals surface area contributed by atoms with Gasteiger partial charge in [-0.3, -0.25) is 0 Å². The molecule has 8 atom stereocenters. The van der Waals surface area contributed by atoms with E-state index in [4.69, 9.17) is 0 Å². The maximum absolute atomic E-state index is 4.06. The molecular weight excluding hydrogens is 1680 g/mol. The van der Waals surface area contributed by atoms with E-state index in [9.17, 15) is 0 Å². The van der Waals surface area contributed by atoms with Gasteiger partial charge in [0.15, 0.2) is 0 Å². The van der Waals surface area contributed by atoms with Crippen LogP contribution in [0.25, 0.3) is 0 Å². The zero-order chi connectivity index (χ0) is 108. The summed E-state index contributed by atoms with van der Waals surface area (Å²) in [6.45, 7) is 102. The minimum atomic E-state index is 0.324. The number of hydrogen-bond acceptors (Lipinski definition) is 0. The first-order valence-electron chi connectivity index (χ1n) is 62.5. The number of rotatable bonds is 81. The van der Waals surface area contributed by atoms with E-state index in [0.29, 0.717) is 17.3 Å². The number of hydrogen-bond donors (Lipinski definition) is 0. The van der Waals surface area contributed by atoms with Crippen LogP contribution >= 0.6 is 0 Å². The Morgan fingerprint density at radius 1 is 0.229 bits per heavy atom. The highest BCUT2D eigenvalue weighted by Gasteiger charge is 2.24. The summed E-state index contributed by atoms with van der Waals surface area (Å²) in [7, 11) is 0. The van der Waals surface area contributed by atoms with Gasteiger partial charge in [0.2, 0.25) is 0 Å². The molecule has 8 unspecified atom stereocenters. The highest BCUT2D eigenvalue weighted by Crippen LogP contribution is 2.36. The molecule has 0 saturated carbocycles. The Hall–Kier alpha value is -2.60. The van der Waals surface area contributed by atoms with Crippen LogP contribution in [-0.2, 0) is 0 Å². The second-order valence-corrected chi connectivity index (χ2v) is 51.3. The normalized spacial score (nSPS) is 13.8. The van der Waals surface area contributed by atoms with Crippen LogP contribution in [0.1, 0.15) is 676 Å². The molecule has 0 aromatic rings. The molecule has 836 valence electrons. The van der Waals surface area contributed by atoms with E-state index in [1.165, 1.54) is 425 Å². The first-order valence-corrected chi connectivity index (χ1v) is 62.5. The average Bonchev–Trinajstić information content (AvgIpc) is 0.879. The Bertz CT molecular complexity index is 2750. The van der Waals surface area contributed by atoms with Crippen molar-refractivity contribution in [1.29, 1.82) is 0 Å². The zero-order valence-electron chi connectivity index (χ0n) is 106. The molecule has 0 N–H and O–H groups in total. The van der Waals surface area contributed by atoms with E-state index in [2.05, 4.69) is 358 Å². The van der Waals surface area contributed by atoms with Gasteiger partial charge in [0.1, 0.15) is 0 Å². The van der Waals surface area contributed by atoms with Gasteiger partial charge < -0.3 is 0 Å². The van der Waals surface area contributed by atoms with Gasteiger partial charge in [0, 0.05) is 0 Å². The molecule has 0 aliphatic carbocycles. The Labute approximate surface area is 894 Å². The third kappa shape index (κ3) is 135. The van der Waals surface area contributed by atoms with Crippen molar-refractivity contribution < 1.29 is 0 Å². The fraction of sp³-hybridized carbons (Fsp3) is 0.857. The summed E-state index contributed by atoms with van der Waals surface area (Å²) < 4.78 is 0. The Morgan fingerprint density at radius 3 is 0.843 bits per heavy atom. The Morgan fingerprint density at radius 2 is 0.514 bits per heavy atom. The van der Waals surface area contributed by atoms with Gasteiger partial charge in [-0.15, -0.1) is 13.2 Å². The van der Waals surface area contributed by atoms with E-state index < -0.39 is 0 Å². The van der Waals surface area contributed by atoms with Crippen molar-refractivity contribution in [3.8, 4) is 0 Å². The van der Waals surface area contributed by atoms with Crippen LogP contribution in [0.3, 0.4) is 0 Å². The molecule has 0 amide bonds. The number of unbranched alkanes of at least 4 members (excludes halogenated alkanes) is 23. The van der Waals surface area contributed by atoms with Crippen LogP contribution in [0.15, 0.2) is 119 Å². The third-order valence-corrected chi connectivity index (χ3v) is 29.5. The quantitative estimate of drug-likeness (QED) is 0.0421. The zero-order valence-corrected chi connectivity index (χ0v) is 106. The Kier molecular flexibility index (Phi) is 122. The van der Waals surface area contributed by atoms with E-state index in [-0.39, 0.29) is 0 Å². The molecule has 0 aromatic heterocycles. The average molecular weight is 1960 g/mol. The minimum absolute atomic E-state index is 0.324. The lowest BCUT2D eigenvalue weighted by molar-refractivity contribution is 0.257. The summed E-state index contributed by atoms with van der Waals surface area (Å²) in [4.78, 5) is 0.